The molecule has 0 saturated carbocycles. The van der Waals surface area contributed by atoms with Gasteiger partial charge in [-0.3, -0.25) is 9.48 Å². The standard InChI is InChI=1S/C23H20F4N6O/c1-12-21-14(22(31(2)30-21)13-8-16(25)20(27)17(26)9-13)6-7-32(12)23(34)19-15(24)4-3-5-18(19)33-11-28-10-29-33/h3-5,8-12,18-19H,6-7H2,1-2H3/t12-,18?,19?/m0/s1. The molecular formula is C23H20F4N6O. The number of amides is 1. The van der Waals surface area contributed by atoms with Crippen LogP contribution in [0.2, 0.25) is 0 Å². The predicted molar refractivity (Wildman–Crippen MR) is 113 cm³/mol. The van der Waals surface area contributed by atoms with Crippen LogP contribution in [0.1, 0.15) is 30.3 Å². The van der Waals surface area contributed by atoms with Gasteiger partial charge in [0, 0.05) is 24.7 Å². The Bertz CT molecular complexity index is 1310. The monoisotopic (exact) mass is 472 g/mol. The Morgan fingerprint density at radius 1 is 1.15 bits per heavy atom. The first-order chi connectivity index (χ1) is 16.3. The second kappa shape index (κ2) is 8.23. The van der Waals surface area contributed by atoms with E-state index in [2.05, 4.69) is 15.2 Å². The summed E-state index contributed by atoms with van der Waals surface area (Å²) in [5.74, 6) is -6.25. The number of carbonyl (C=O) groups excluding carboxylic acids is 1. The Labute approximate surface area is 192 Å². The number of halogens is 4. The van der Waals surface area contributed by atoms with Gasteiger partial charge in [-0.15, -0.1) is 0 Å². The van der Waals surface area contributed by atoms with Crippen molar-refractivity contribution in [1.29, 1.82) is 0 Å². The van der Waals surface area contributed by atoms with Crippen LogP contribution in [0.4, 0.5) is 17.6 Å². The average Bonchev–Trinajstić information content (AvgIpc) is 3.45. The molecule has 3 heterocycles. The third kappa shape index (κ3) is 3.42. The maximum Gasteiger partial charge on any atom is 0.235 e. The quantitative estimate of drug-likeness (QED) is 0.429. The van der Waals surface area contributed by atoms with Crippen LogP contribution in [0, 0.1) is 23.4 Å². The smallest absolute Gasteiger partial charge is 0.235 e. The van der Waals surface area contributed by atoms with Crippen molar-refractivity contribution in [2.75, 3.05) is 6.54 Å². The number of benzene rings is 1. The summed E-state index contributed by atoms with van der Waals surface area (Å²) < 4.78 is 59.0. The summed E-state index contributed by atoms with van der Waals surface area (Å²) in [5, 5.41) is 8.55. The molecule has 0 bridgehead atoms. The lowest BCUT2D eigenvalue weighted by atomic mass is 9.89. The van der Waals surface area contributed by atoms with Crippen LogP contribution in [-0.4, -0.2) is 41.9 Å². The molecule has 7 nitrogen and oxygen atoms in total. The van der Waals surface area contributed by atoms with E-state index in [-0.39, 0.29) is 12.1 Å². The molecule has 176 valence electrons. The van der Waals surface area contributed by atoms with Gasteiger partial charge in [0.05, 0.1) is 23.5 Å². The number of allylic oxidation sites excluding steroid dienone is 3. The number of nitrogens with zero attached hydrogens (tertiary/aromatic N) is 6. The highest BCUT2D eigenvalue weighted by Gasteiger charge is 2.41. The molecule has 3 atom stereocenters. The van der Waals surface area contributed by atoms with E-state index in [9.17, 15) is 22.4 Å². The van der Waals surface area contributed by atoms with Crippen LogP contribution < -0.4 is 0 Å². The Balaban J connectivity index is 1.49. The first-order valence-corrected chi connectivity index (χ1v) is 10.7. The predicted octanol–water partition coefficient (Wildman–Crippen LogP) is 3.82. The Morgan fingerprint density at radius 2 is 1.88 bits per heavy atom. The Kier molecular flexibility index (Phi) is 5.34. The zero-order valence-corrected chi connectivity index (χ0v) is 18.3. The van der Waals surface area contributed by atoms with Crippen LogP contribution in [0.3, 0.4) is 0 Å². The summed E-state index contributed by atoms with van der Waals surface area (Å²) in [4.78, 5) is 19.0. The molecule has 0 fully saturated rings. The number of hydrogen-bond acceptors (Lipinski definition) is 4. The van der Waals surface area contributed by atoms with E-state index in [1.165, 1.54) is 34.2 Å². The fraction of sp³-hybridized carbons (Fsp3) is 0.304. The largest absolute Gasteiger partial charge is 0.333 e. The maximum atomic E-state index is 14.9. The SMILES string of the molecule is C[C@H]1c2nn(C)c(-c3cc(F)c(F)c(F)c3)c2CCN1C(=O)C1C(F)=CC=CC1n1cncn1. The van der Waals surface area contributed by atoms with Gasteiger partial charge in [0.1, 0.15) is 24.4 Å². The second-order valence-electron chi connectivity index (χ2n) is 8.33. The molecule has 0 radical (unpaired) electrons. The van der Waals surface area contributed by atoms with Crippen molar-refractivity contribution in [2.45, 2.75) is 25.4 Å². The van der Waals surface area contributed by atoms with Gasteiger partial charge < -0.3 is 4.90 Å². The number of aryl methyl sites for hydroxylation is 1. The van der Waals surface area contributed by atoms with E-state index in [1.54, 1.807) is 24.9 Å². The van der Waals surface area contributed by atoms with Crippen LogP contribution in [0.5, 0.6) is 0 Å². The van der Waals surface area contributed by atoms with Crippen LogP contribution >= 0.6 is 0 Å². The third-order valence-corrected chi connectivity index (χ3v) is 6.39. The molecule has 1 amide bonds. The zero-order chi connectivity index (χ0) is 24.1. The first kappa shape index (κ1) is 22.1. The minimum absolute atomic E-state index is 0.150. The summed E-state index contributed by atoms with van der Waals surface area (Å²) in [6, 6.07) is 0.657. The highest BCUT2D eigenvalue weighted by Crippen LogP contribution is 2.39. The Hall–Kier alpha value is -3.76. The molecule has 1 aliphatic heterocycles. The van der Waals surface area contributed by atoms with Crippen molar-refractivity contribution in [3.63, 3.8) is 0 Å². The molecule has 11 heteroatoms. The van der Waals surface area contributed by atoms with Crippen molar-refractivity contribution < 1.29 is 22.4 Å². The van der Waals surface area contributed by atoms with Crippen molar-refractivity contribution in [3.05, 3.63) is 77.6 Å². The molecule has 2 aromatic heterocycles. The molecule has 1 aliphatic carbocycles. The normalized spacial score (nSPS) is 22.0. The maximum absolute atomic E-state index is 14.9. The van der Waals surface area contributed by atoms with Gasteiger partial charge in [0.2, 0.25) is 5.91 Å². The van der Waals surface area contributed by atoms with Crippen molar-refractivity contribution >= 4 is 5.91 Å². The lowest BCUT2D eigenvalue weighted by Gasteiger charge is -2.37. The van der Waals surface area contributed by atoms with E-state index in [0.29, 0.717) is 23.4 Å². The topological polar surface area (TPSA) is 68.8 Å². The van der Waals surface area contributed by atoms with Gasteiger partial charge in [-0.2, -0.15) is 10.2 Å². The van der Waals surface area contributed by atoms with E-state index >= 15 is 0 Å². The molecule has 5 rings (SSSR count). The van der Waals surface area contributed by atoms with Gasteiger partial charge in [-0.25, -0.2) is 27.2 Å². The van der Waals surface area contributed by atoms with Gasteiger partial charge in [-0.05, 0) is 31.6 Å². The van der Waals surface area contributed by atoms with Crippen LogP contribution in [0.25, 0.3) is 11.3 Å². The van der Waals surface area contributed by atoms with E-state index in [1.807, 2.05) is 0 Å². The van der Waals surface area contributed by atoms with Crippen molar-refractivity contribution in [2.24, 2.45) is 13.0 Å². The first-order valence-electron chi connectivity index (χ1n) is 10.7. The highest BCUT2D eigenvalue weighted by molar-refractivity contribution is 5.83. The van der Waals surface area contributed by atoms with Gasteiger partial charge in [0.15, 0.2) is 17.5 Å². The van der Waals surface area contributed by atoms with E-state index in [0.717, 1.165) is 12.1 Å². The van der Waals surface area contributed by atoms with Gasteiger partial charge in [0.25, 0.3) is 0 Å². The average molecular weight is 472 g/mol. The van der Waals surface area contributed by atoms with E-state index in [4.69, 9.17) is 0 Å². The number of carbonyl (C=O) groups is 1. The lowest BCUT2D eigenvalue weighted by Crippen LogP contribution is -2.45. The van der Waals surface area contributed by atoms with Gasteiger partial charge >= 0.3 is 0 Å². The lowest BCUT2D eigenvalue weighted by molar-refractivity contribution is -0.138. The molecule has 0 saturated heterocycles. The molecule has 34 heavy (non-hydrogen) atoms. The minimum Gasteiger partial charge on any atom is -0.333 e. The number of rotatable bonds is 3. The third-order valence-electron chi connectivity index (χ3n) is 6.39. The molecule has 2 unspecified atom stereocenters. The summed E-state index contributed by atoms with van der Waals surface area (Å²) in [6.07, 6.45) is 7.56. The molecule has 1 aromatic carbocycles. The number of hydrogen-bond donors (Lipinski definition) is 0. The summed E-state index contributed by atoms with van der Waals surface area (Å²) in [7, 11) is 1.61. The number of aromatic nitrogens is 5. The summed E-state index contributed by atoms with van der Waals surface area (Å²) in [5.41, 5.74) is 1.84. The molecule has 0 spiro atoms. The summed E-state index contributed by atoms with van der Waals surface area (Å²) in [6.45, 7) is 2.01. The Morgan fingerprint density at radius 3 is 2.56 bits per heavy atom. The minimum atomic E-state index is -1.54. The fourth-order valence-electron chi connectivity index (χ4n) is 4.79. The van der Waals surface area contributed by atoms with Crippen molar-refractivity contribution in [1.82, 2.24) is 29.4 Å². The van der Waals surface area contributed by atoms with Crippen LogP contribution in [0.15, 0.2) is 48.8 Å². The second-order valence-corrected chi connectivity index (χ2v) is 8.33. The van der Waals surface area contributed by atoms with Gasteiger partial charge in [-0.1, -0.05) is 12.2 Å². The number of fused-ring (bicyclic) bond motifs is 1. The van der Waals surface area contributed by atoms with Crippen molar-refractivity contribution in [3.8, 4) is 11.3 Å². The summed E-state index contributed by atoms with van der Waals surface area (Å²) >= 11 is 0. The zero-order valence-electron chi connectivity index (χ0n) is 18.3. The highest BCUT2D eigenvalue weighted by atomic mass is 19.2. The molecule has 0 N–H and O–H groups in total. The molecule has 3 aromatic rings. The molecular weight excluding hydrogens is 452 g/mol. The molecule has 2 aliphatic rings. The fourth-order valence-corrected chi connectivity index (χ4v) is 4.79. The van der Waals surface area contributed by atoms with E-state index < -0.39 is 47.2 Å². The van der Waals surface area contributed by atoms with Crippen LogP contribution in [-0.2, 0) is 18.3 Å².